The molecule has 0 unspecified atom stereocenters. The van der Waals surface area contributed by atoms with Crippen molar-refractivity contribution in [2.75, 3.05) is 32.6 Å². The second kappa shape index (κ2) is 9.42. The van der Waals surface area contributed by atoms with E-state index in [0.29, 0.717) is 0 Å². The highest BCUT2D eigenvalue weighted by atomic mass is 32.1. The third-order valence-corrected chi connectivity index (χ3v) is 5.10. The second-order valence-electron chi connectivity index (χ2n) is 6.26. The Morgan fingerprint density at radius 2 is 1.88 bits per heavy atom. The number of aryl methyl sites for hydroxylation is 3. The highest BCUT2D eigenvalue weighted by Gasteiger charge is 2.05. The Hall–Kier alpha value is -2.08. The molecule has 0 bridgehead atoms. The number of anilines is 1. The molecule has 2 rings (SSSR count). The summed E-state index contributed by atoms with van der Waals surface area (Å²) in [6.07, 6.45) is 2.13. The quantitative estimate of drug-likeness (QED) is 0.453. The predicted octanol–water partition coefficient (Wildman–Crippen LogP) is 3.12. The van der Waals surface area contributed by atoms with Gasteiger partial charge in [-0.2, -0.15) is 0 Å². The highest BCUT2D eigenvalue weighted by molar-refractivity contribution is 7.11. The molecule has 0 saturated carbocycles. The van der Waals surface area contributed by atoms with Gasteiger partial charge in [0.05, 0.1) is 17.2 Å². The van der Waals surface area contributed by atoms with E-state index in [1.165, 1.54) is 16.1 Å². The number of aromatic nitrogens is 1. The largest absolute Gasteiger partial charge is 0.378 e. The number of benzene rings is 1. The molecule has 1 aromatic carbocycles. The van der Waals surface area contributed by atoms with Crippen molar-refractivity contribution in [3.8, 4) is 0 Å². The molecule has 1 aromatic heterocycles. The van der Waals surface area contributed by atoms with Crippen LogP contribution >= 0.6 is 11.3 Å². The third kappa shape index (κ3) is 6.05. The molecule has 0 aliphatic heterocycles. The molecule has 5 nitrogen and oxygen atoms in total. The minimum Gasteiger partial charge on any atom is -0.378 e. The average Bonchev–Trinajstić information content (AvgIpc) is 2.92. The fraction of sp³-hybridized carbons (Fsp3) is 0.474. The van der Waals surface area contributed by atoms with Crippen LogP contribution in [0.2, 0.25) is 0 Å². The van der Waals surface area contributed by atoms with Crippen LogP contribution in [0.4, 0.5) is 5.69 Å². The van der Waals surface area contributed by atoms with Crippen molar-refractivity contribution in [3.63, 3.8) is 0 Å². The number of hydrogen-bond acceptors (Lipinski definition) is 4. The average molecular weight is 360 g/mol. The lowest BCUT2D eigenvalue weighted by Crippen LogP contribution is -2.37. The fourth-order valence-electron chi connectivity index (χ4n) is 2.58. The van der Waals surface area contributed by atoms with Gasteiger partial charge in [0.2, 0.25) is 0 Å². The molecule has 0 aliphatic carbocycles. The van der Waals surface area contributed by atoms with Crippen LogP contribution in [0.25, 0.3) is 0 Å². The third-order valence-electron chi connectivity index (χ3n) is 4.03. The molecule has 136 valence electrons. The van der Waals surface area contributed by atoms with Gasteiger partial charge in [0.25, 0.3) is 0 Å². The van der Waals surface area contributed by atoms with E-state index >= 15 is 0 Å². The summed E-state index contributed by atoms with van der Waals surface area (Å²) in [5.74, 6) is 0.841. The highest BCUT2D eigenvalue weighted by Crippen LogP contribution is 2.16. The minimum absolute atomic E-state index is 0.767. The van der Waals surface area contributed by atoms with Crippen molar-refractivity contribution in [3.05, 3.63) is 45.4 Å². The van der Waals surface area contributed by atoms with Gasteiger partial charge in [-0.3, -0.25) is 4.99 Å². The van der Waals surface area contributed by atoms with Crippen molar-refractivity contribution in [1.29, 1.82) is 0 Å². The van der Waals surface area contributed by atoms with Crippen LogP contribution < -0.4 is 15.5 Å². The maximum Gasteiger partial charge on any atom is 0.191 e. The van der Waals surface area contributed by atoms with Gasteiger partial charge < -0.3 is 15.5 Å². The molecule has 0 atom stereocenters. The summed E-state index contributed by atoms with van der Waals surface area (Å²) in [5.41, 5.74) is 3.71. The van der Waals surface area contributed by atoms with E-state index in [2.05, 4.69) is 70.8 Å². The monoisotopic (exact) mass is 359 g/mol. The van der Waals surface area contributed by atoms with E-state index < -0.39 is 0 Å². The maximum atomic E-state index is 4.46. The molecular weight excluding hydrogens is 330 g/mol. The van der Waals surface area contributed by atoms with Crippen LogP contribution in [0.1, 0.15) is 27.6 Å². The topological polar surface area (TPSA) is 52.6 Å². The zero-order chi connectivity index (χ0) is 18.2. The first-order valence-electron chi connectivity index (χ1n) is 8.63. The lowest BCUT2D eigenvalue weighted by molar-refractivity contribution is 0.743. The van der Waals surface area contributed by atoms with Crippen LogP contribution in [-0.4, -0.2) is 38.6 Å². The molecule has 25 heavy (non-hydrogen) atoms. The molecule has 0 spiro atoms. The van der Waals surface area contributed by atoms with Crippen LogP contribution in [0.3, 0.4) is 0 Å². The van der Waals surface area contributed by atoms with E-state index in [0.717, 1.165) is 42.6 Å². The van der Waals surface area contributed by atoms with Gasteiger partial charge in [-0.25, -0.2) is 4.98 Å². The number of nitrogens with one attached hydrogen (secondary N) is 2. The summed E-state index contributed by atoms with van der Waals surface area (Å²) >= 11 is 1.74. The summed E-state index contributed by atoms with van der Waals surface area (Å²) in [7, 11) is 5.93. The molecule has 6 heteroatoms. The van der Waals surface area contributed by atoms with E-state index in [1.807, 2.05) is 6.92 Å². The Morgan fingerprint density at radius 1 is 1.16 bits per heavy atom. The maximum absolute atomic E-state index is 4.46. The van der Waals surface area contributed by atoms with Crippen molar-refractivity contribution in [1.82, 2.24) is 15.6 Å². The van der Waals surface area contributed by atoms with E-state index in [-0.39, 0.29) is 0 Å². The second-order valence-corrected chi connectivity index (χ2v) is 7.55. The first-order valence-corrected chi connectivity index (χ1v) is 9.45. The minimum atomic E-state index is 0.767. The zero-order valence-electron chi connectivity index (χ0n) is 15.9. The van der Waals surface area contributed by atoms with Gasteiger partial charge in [-0.1, -0.05) is 12.1 Å². The van der Waals surface area contributed by atoms with Gasteiger partial charge in [0, 0.05) is 38.3 Å². The Bertz CT molecular complexity index is 688. The first kappa shape index (κ1) is 19.2. The number of rotatable bonds is 7. The molecule has 2 aromatic rings. The molecule has 0 radical (unpaired) electrons. The van der Waals surface area contributed by atoms with Crippen molar-refractivity contribution in [2.24, 2.45) is 4.99 Å². The van der Waals surface area contributed by atoms with Gasteiger partial charge >= 0.3 is 0 Å². The van der Waals surface area contributed by atoms with Gasteiger partial charge in [0.1, 0.15) is 0 Å². The Labute approximate surface area is 155 Å². The Kier molecular flexibility index (Phi) is 7.25. The van der Waals surface area contributed by atoms with Gasteiger partial charge in [-0.05, 0) is 44.4 Å². The standard InChI is InChI=1S/C19H29N5S/c1-14-18(25-15(2)23-14)13-22-19(20-3)21-12-6-7-16-8-10-17(11-9-16)24(4)5/h8-11H,6-7,12-13H2,1-5H3,(H2,20,21,22). The van der Waals surface area contributed by atoms with Crippen molar-refractivity contribution in [2.45, 2.75) is 33.2 Å². The molecule has 1 heterocycles. The first-order chi connectivity index (χ1) is 12.0. The molecule has 0 fully saturated rings. The SMILES string of the molecule is CN=C(NCCCc1ccc(N(C)C)cc1)NCc1sc(C)nc1C. The number of thiazole rings is 1. The van der Waals surface area contributed by atoms with E-state index in [4.69, 9.17) is 0 Å². The van der Waals surface area contributed by atoms with E-state index in [9.17, 15) is 0 Å². The normalized spacial score (nSPS) is 11.5. The Balaban J connectivity index is 1.71. The van der Waals surface area contributed by atoms with Gasteiger partial charge in [-0.15, -0.1) is 11.3 Å². The lowest BCUT2D eigenvalue weighted by Gasteiger charge is -2.13. The summed E-state index contributed by atoms with van der Waals surface area (Å²) in [4.78, 5) is 12.1. The zero-order valence-corrected chi connectivity index (χ0v) is 16.7. The van der Waals surface area contributed by atoms with Crippen LogP contribution in [0.5, 0.6) is 0 Å². The van der Waals surface area contributed by atoms with E-state index in [1.54, 1.807) is 18.4 Å². The van der Waals surface area contributed by atoms with Crippen LogP contribution in [0, 0.1) is 13.8 Å². The molecule has 0 aliphatic rings. The fourth-order valence-corrected chi connectivity index (χ4v) is 3.46. The van der Waals surface area contributed by atoms with Crippen LogP contribution in [-0.2, 0) is 13.0 Å². The molecule has 2 N–H and O–H groups in total. The predicted molar refractivity (Wildman–Crippen MR) is 109 cm³/mol. The number of aliphatic imine (C=N–C) groups is 1. The summed E-state index contributed by atoms with van der Waals surface area (Å²) in [5, 5.41) is 7.85. The smallest absolute Gasteiger partial charge is 0.191 e. The Morgan fingerprint density at radius 3 is 2.44 bits per heavy atom. The summed E-state index contributed by atoms with van der Waals surface area (Å²) < 4.78 is 0. The molecular formula is C19H29N5S. The van der Waals surface area contributed by atoms with Crippen LogP contribution in [0.15, 0.2) is 29.3 Å². The number of hydrogen-bond donors (Lipinski definition) is 2. The molecule has 0 amide bonds. The lowest BCUT2D eigenvalue weighted by atomic mass is 10.1. The summed E-state index contributed by atoms with van der Waals surface area (Å²) in [6, 6.07) is 8.75. The summed E-state index contributed by atoms with van der Waals surface area (Å²) in [6.45, 7) is 5.76. The number of nitrogens with zero attached hydrogens (tertiary/aromatic N) is 3. The number of guanidine groups is 1. The molecule has 0 saturated heterocycles. The van der Waals surface area contributed by atoms with Gasteiger partial charge in [0.15, 0.2) is 5.96 Å². The van der Waals surface area contributed by atoms with Crippen molar-refractivity contribution < 1.29 is 0 Å². The van der Waals surface area contributed by atoms with Crippen molar-refractivity contribution >= 4 is 23.0 Å².